The quantitative estimate of drug-likeness (QED) is 0.141. The summed E-state index contributed by atoms with van der Waals surface area (Å²) >= 11 is 0. The van der Waals surface area contributed by atoms with Crippen LogP contribution in [0.3, 0.4) is 0 Å². The van der Waals surface area contributed by atoms with Crippen molar-refractivity contribution in [1.82, 2.24) is 0 Å². The highest BCUT2D eigenvalue weighted by Gasteiger charge is 2.68. The largest absolute Gasteiger partial charge is 0.432 e. The summed E-state index contributed by atoms with van der Waals surface area (Å²) < 4.78 is 29.1. The molecular formula is C33H52O13. The molecule has 6 aliphatic rings. The molecule has 0 aromatic carbocycles. The standard InChI is InChI=1S/C33H52O13/c1-16-12-32-10-6-19-30(2,20(32)7-11-33(16,15-32)42-4)8-5-9-31(19,3)29(41)46-28-26(24(39)22(37)18(14-35)44-28)45-27-25(40)23(38)21(36)17(13-34)43-27/h17-28,34-40H,1,5-15H2,2-4H3/t17?,18?,19-,20-,21?,22?,23?,24?,25?,26?,27?,28?,30+,31+,32+,33-/m0/s1. The Morgan fingerprint density at radius 1 is 0.848 bits per heavy atom. The van der Waals surface area contributed by atoms with Gasteiger partial charge in [0, 0.05) is 7.11 Å². The average Bonchev–Trinajstić information content (AvgIpc) is 3.24. The Morgan fingerprint density at radius 2 is 1.48 bits per heavy atom. The maximum atomic E-state index is 14.3. The summed E-state index contributed by atoms with van der Waals surface area (Å²) in [7, 11) is 1.78. The van der Waals surface area contributed by atoms with Crippen molar-refractivity contribution < 1.29 is 64.2 Å². The van der Waals surface area contributed by atoms with Gasteiger partial charge in [0.2, 0.25) is 6.29 Å². The van der Waals surface area contributed by atoms with Crippen LogP contribution in [0, 0.1) is 28.1 Å². The lowest BCUT2D eigenvalue weighted by atomic mass is 9.41. The van der Waals surface area contributed by atoms with Gasteiger partial charge in [0.25, 0.3) is 0 Å². The molecule has 0 amide bonds. The first-order valence-corrected chi connectivity index (χ1v) is 16.7. The van der Waals surface area contributed by atoms with Gasteiger partial charge in [-0.1, -0.05) is 19.9 Å². The SMILES string of the molecule is C=C1C[C@@]23CC[C@H]4[C@@](C)(CCC[C@@]4(C)C(=O)OC4OC(CO)C(O)C(O)C4OC4OC(CO)C(O)C(O)C4O)[C@@H]2CC[C@]1(OC)C3. The van der Waals surface area contributed by atoms with Crippen LogP contribution in [0.2, 0.25) is 0 Å². The van der Waals surface area contributed by atoms with E-state index in [1.54, 1.807) is 7.11 Å². The zero-order valence-electron chi connectivity index (χ0n) is 27.0. The zero-order valence-corrected chi connectivity index (χ0v) is 27.0. The van der Waals surface area contributed by atoms with E-state index in [1.807, 2.05) is 6.92 Å². The third-order valence-corrected chi connectivity index (χ3v) is 13.2. The van der Waals surface area contributed by atoms with Gasteiger partial charge in [-0.25, -0.2) is 0 Å². The lowest BCUT2D eigenvalue weighted by molar-refractivity contribution is -0.363. The van der Waals surface area contributed by atoms with E-state index in [2.05, 4.69) is 13.5 Å². The predicted octanol–water partition coefficient (Wildman–Crippen LogP) is -0.108. The molecule has 6 fully saturated rings. The second-order valence-electron chi connectivity index (χ2n) is 15.4. The molecule has 13 nitrogen and oxygen atoms in total. The summed E-state index contributed by atoms with van der Waals surface area (Å²) in [5, 5.41) is 72.2. The van der Waals surface area contributed by atoms with E-state index in [0.29, 0.717) is 12.3 Å². The molecule has 2 saturated heterocycles. The summed E-state index contributed by atoms with van der Waals surface area (Å²) in [6, 6.07) is 0. The van der Waals surface area contributed by atoms with Crippen LogP contribution in [0.15, 0.2) is 12.2 Å². The van der Waals surface area contributed by atoms with E-state index in [9.17, 15) is 40.5 Å². The molecule has 4 aliphatic carbocycles. The number of esters is 1. The fraction of sp³-hybridized carbons (Fsp3) is 0.909. The van der Waals surface area contributed by atoms with Crippen LogP contribution >= 0.6 is 0 Å². The van der Waals surface area contributed by atoms with E-state index in [1.165, 1.54) is 5.57 Å². The van der Waals surface area contributed by atoms with Crippen LogP contribution in [0.5, 0.6) is 0 Å². The topological polar surface area (TPSA) is 205 Å². The number of fused-ring (bicyclic) bond motifs is 3. The number of rotatable bonds is 7. The first-order valence-electron chi connectivity index (χ1n) is 16.7. The Hall–Kier alpha value is -1.23. The number of hydrogen-bond acceptors (Lipinski definition) is 13. The van der Waals surface area contributed by atoms with E-state index < -0.39 is 86.0 Å². The van der Waals surface area contributed by atoms with E-state index in [-0.39, 0.29) is 22.3 Å². The number of carbonyl (C=O) groups is 1. The Bertz CT molecular complexity index is 1170. The van der Waals surface area contributed by atoms with Crippen molar-refractivity contribution in [3.8, 4) is 0 Å². The maximum Gasteiger partial charge on any atom is 0.314 e. The average molecular weight is 657 g/mol. The zero-order chi connectivity index (χ0) is 33.4. The number of ether oxygens (including phenoxy) is 5. The lowest BCUT2D eigenvalue weighted by Gasteiger charge is -2.64. The third-order valence-electron chi connectivity index (χ3n) is 13.2. The lowest BCUT2D eigenvalue weighted by Crippen LogP contribution is -2.65. The molecule has 1 spiro atoms. The van der Waals surface area contributed by atoms with Crippen molar-refractivity contribution >= 4 is 5.97 Å². The van der Waals surface area contributed by atoms with Gasteiger partial charge in [0.15, 0.2) is 12.4 Å². The van der Waals surface area contributed by atoms with Gasteiger partial charge in [-0.15, -0.1) is 0 Å². The minimum atomic E-state index is -1.81. The summed E-state index contributed by atoms with van der Waals surface area (Å²) in [5.74, 6) is -0.166. The Labute approximate surface area is 269 Å². The fourth-order valence-electron chi connectivity index (χ4n) is 10.8. The molecule has 0 radical (unpaired) electrons. The first kappa shape index (κ1) is 34.6. The number of methoxy groups -OCH3 is 1. The summed E-state index contributed by atoms with van der Waals surface area (Å²) in [6.07, 6.45) is -8.17. The molecule has 13 heteroatoms. The van der Waals surface area contributed by atoms with Crippen LogP contribution in [0.1, 0.15) is 71.6 Å². The van der Waals surface area contributed by atoms with Crippen LogP contribution < -0.4 is 0 Å². The van der Waals surface area contributed by atoms with Crippen LogP contribution in [0.25, 0.3) is 0 Å². The predicted molar refractivity (Wildman–Crippen MR) is 159 cm³/mol. The van der Waals surface area contributed by atoms with Crippen molar-refractivity contribution in [3.05, 3.63) is 12.2 Å². The highest BCUT2D eigenvalue weighted by Crippen LogP contribution is 2.73. The summed E-state index contributed by atoms with van der Waals surface area (Å²) in [4.78, 5) is 14.3. The second kappa shape index (κ2) is 12.3. The minimum absolute atomic E-state index is 0.00153. The van der Waals surface area contributed by atoms with E-state index in [0.717, 1.165) is 51.4 Å². The fourth-order valence-corrected chi connectivity index (χ4v) is 10.8. The Balaban J connectivity index is 1.24. The highest BCUT2D eigenvalue weighted by atomic mass is 16.8. The third kappa shape index (κ3) is 5.12. The molecule has 46 heavy (non-hydrogen) atoms. The number of aliphatic hydroxyl groups is 7. The molecule has 6 rings (SSSR count). The molecule has 262 valence electrons. The smallest absolute Gasteiger partial charge is 0.314 e. The van der Waals surface area contributed by atoms with Crippen molar-refractivity contribution in [3.63, 3.8) is 0 Å². The van der Waals surface area contributed by atoms with Gasteiger partial charge in [0.1, 0.15) is 42.7 Å². The molecule has 0 aromatic rings. The van der Waals surface area contributed by atoms with Crippen molar-refractivity contribution in [2.75, 3.05) is 20.3 Å². The van der Waals surface area contributed by atoms with Crippen molar-refractivity contribution in [2.45, 2.75) is 139 Å². The molecule has 2 aliphatic heterocycles. The Morgan fingerprint density at radius 3 is 2.13 bits per heavy atom. The van der Waals surface area contributed by atoms with Crippen LogP contribution in [0.4, 0.5) is 0 Å². The first-order chi connectivity index (χ1) is 21.7. The molecule has 7 N–H and O–H groups in total. The molecule has 2 heterocycles. The van der Waals surface area contributed by atoms with Gasteiger partial charge in [0.05, 0.1) is 24.2 Å². The van der Waals surface area contributed by atoms with Gasteiger partial charge >= 0.3 is 5.97 Å². The van der Waals surface area contributed by atoms with Gasteiger partial charge in [-0.2, -0.15) is 0 Å². The molecule has 10 unspecified atom stereocenters. The van der Waals surface area contributed by atoms with Crippen LogP contribution in [-0.4, -0.2) is 129 Å². The van der Waals surface area contributed by atoms with Gasteiger partial charge < -0.3 is 59.4 Å². The van der Waals surface area contributed by atoms with Gasteiger partial charge in [-0.3, -0.25) is 4.79 Å². The minimum Gasteiger partial charge on any atom is -0.432 e. The second-order valence-corrected chi connectivity index (χ2v) is 15.4. The number of hydrogen-bond donors (Lipinski definition) is 7. The molecule has 0 aromatic heterocycles. The number of aliphatic hydroxyl groups excluding tert-OH is 7. The molecule has 2 bridgehead atoms. The highest BCUT2D eigenvalue weighted by molar-refractivity contribution is 5.77. The normalized spacial score (nSPS) is 53.7. The molecular weight excluding hydrogens is 604 g/mol. The summed E-state index contributed by atoms with van der Waals surface area (Å²) in [6.45, 7) is 7.28. The van der Waals surface area contributed by atoms with E-state index in [4.69, 9.17) is 23.7 Å². The molecule has 4 saturated carbocycles. The van der Waals surface area contributed by atoms with Crippen molar-refractivity contribution in [2.24, 2.45) is 28.1 Å². The Kier molecular flexibility index (Phi) is 9.24. The maximum absolute atomic E-state index is 14.3. The molecule has 16 atom stereocenters. The monoisotopic (exact) mass is 656 g/mol. The number of carbonyl (C=O) groups excluding carboxylic acids is 1. The summed E-state index contributed by atoms with van der Waals surface area (Å²) in [5.41, 5.74) is -0.0505. The van der Waals surface area contributed by atoms with Gasteiger partial charge in [-0.05, 0) is 86.5 Å². The van der Waals surface area contributed by atoms with Crippen LogP contribution in [-0.2, 0) is 28.5 Å². The van der Waals surface area contributed by atoms with Crippen molar-refractivity contribution in [1.29, 1.82) is 0 Å². The van der Waals surface area contributed by atoms with E-state index >= 15 is 0 Å².